The summed E-state index contributed by atoms with van der Waals surface area (Å²) >= 11 is 0. The first-order valence-corrected chi connectivity index (χ1v) is 8.42. The van der Waals surface area contributed by atoms with Crippen LogP contribution in [-0.2, 0) is 6.54 Å². The van der Waals surface area contributed by atoms with Crippen molar-refractivity contribution in [2.45, 2.75) is 6.54 Å². The number of carbonyl (C=O) groups excluding carboxylic acids is 1. The topological polar surface area (TPSA) is 84.4 Å². The van der Waals surface area contributed by atoms with Crippen molar-refractivity contribution < 1.29 is 9.21 Å². The molecule has 1 saturated heterocycles. The summed E-state index contributed by atoms with van der Waals surface area (Å²) in [6.07, 6.45) is 0. The average molecular weight is 336 g/mol. The minimum atomic E-state index is -0.514. The Kier molecular flexibility index (Phi) is 4.21. The van der Waals surface area contributed by atoms with Gasteiger partial charge in [-0.1, -0.05) is 18.2 Å². The fraction of sp³-hybridized carbons (Fsp3) is 0.263. The van der Waals surface area contributed by atoms with E-state index in [1.807, 2.05) is 18.2 Å². The molecular weight excluding hydrogens is 316 g/mol. The molecule has 2 heterocycles. The number of fused-ring (bicyclic) bond motifs is 1. The van der Waals surface area contributed by atoms with Crippen LogP contribution >= 0.6 is 0 Å². The van der Waals surface area contributed by atoms with Crippen molar-refractivity contribution >= 4 is 17.0 Å². The fourth-order valence-corrected chi connectivity index (χ4v) is 3.15. The molecular formula is C19H20N4O2. The van der Waals surface area contributed by atoms with Gasteiger partial charge >= 0.3 is 0 Å². The standard InChI is InChI=1S/C19H20N4O2/c20-18(24)15-2-1-3-16-17(15)25-19(22-16)14-6-4-13(5-7-14)12-23-10-8-21-9-11-23/h1-7,21H,8-12H2,(H2,20,24). The Balaban J connectivity index is 1.58. The van der Waals surface area contributed by atoms with Gasteiger partial charge in [-0.2, -0.15) is 0 Å². The van der Waals surface area contributed by atoms with E-state index in [1.54, 1.807) is 12.1 Å². The van der Waals surface area contributed by atoms with E-state index in [4.69, 9.17) is 10.2 Å². The Labute approximate surface area is 145 Å². The predicted octanol–water partition coefficient (Wildman–Crippen LogP) is 2.00. The van der Waals surface area contributed by atoms with E-state index >= 15 is 0 Å². The first-order valence-electron chi connectivity index (χ1n) is 8.42. The van der Waals surface area contributed by atoms with Gasteiger partial charge in [-0.15, -0.1) is 0 Å². The monoisotopic (exact) mass is 336 g/mol. The lowest BCUT2D eigenvalue weighted by molar-refractivity contribution is 0.100. The van der Waals surface area contributed by atoms with Crippen LogP contribution in [0.1, 0.15) is 15.9 Å². The molecule has 0 radical (unpaired) electrons. The van der Waals surface area contributed by atoms with E-state index in [1.165, 1.54) is 5.56 Å². The first kappa shape index (κ1) is 15.8. The number of amides is 1. The molecule has 0 bridgehead atoms. The Morgan fingerprint density at radius 3 is 2.64 bits per heavy atom. The lowest BCUT2D eigenvalue weighted by Crippen LogP contribution is -2.42. The highest BCUT2D eigenvalue weighted by atomic mass is 16.3. The number of hydrogen-bond donors (Lipinski definition) is 2. The molecule has 1 aromatic heterocycles. The SMILES string of the molecule is NC(=O)c1cccc2nc(-c3ccc(CN4CCNCC4)cc3)oc12. The molecule has 0 atom stereocenters. The van der Waals surface area contributed by atoms with Crippen molar-refractivity contribution in [2.24, 2.45) is 5.73 Å². The van der Waals surface area contributed by atoms with Crippen LogP contribution in [0.25, 0.3) is 22.6 Å². The molecule has 0 unspecified atom stereocenters. The van der Waals surface area contributed by atoms with Crippen LogP contribution in [0.2, 0.25) is 0 Å². The second kappa shape index (κ2) is 6.66. The van der Waals surface area contributed by atoms with Gasteiger partial charge in [0, 0.05) is 38.3 Å². The van der Waals surface area contributed by atoms with E-state index in [2.05, 4.69) is 27.3 Å². The summed E-state index contributed by atoms with van der Waals surface area (Å²) < 4.78 is 5.81. The summed E-state index contributed by atoms with van der Waals surface area (Å²) in [4.78, 5) is 18.4. The Morgan fingerprint density at radius 1 is 1.16 bits per heavy atom. The molecule has 3 aromatic rings. The summed E-state index contributed by atoms with van der Waals surface area (Å²) in [5, 5.41) is 3.36. The zero-order valence-electron chi connectivity index (χ0n) is 13.9. The van der Waals surface area contributed by atoms with E-state index in [-0.39, 0.29) is 0 Å². The number of benzene rings is 2. The molecule has 6 heteroatoms. The number of rotatable bonds is 4. The average Bonchev–Trinajstić information content (AvgIpc) is 3.07. The van der Waals surface area contributed by atoms with Crippen LogP contribution in [0, 0.1) is 0 Å². The number of piperazine rings is 1. The highest BCUT2D eigenvalue weighted by molar-refractivity contribution is 6.03. The molecule has 1 fully saturated rings. The highest BCUT2D eigenvalue weighted by Gasteiger charge is 2.15. The molecule has 3 N–H and O–H groups in total. The maximum Gasteiger partial charge on any atom is 0.252 e. The maximum absolute atomic E-state index is 11.5. The van der Waals surface area contributed by atoms with E-state index in [9.17, 15) is 4.79 Å². The van der Waals surface area contributed by atoms with E-state index in [0.29, 0.717) is 22.6 Å². The molecule has 0 saturated carbocycles. The van der Waals surface area contributed by atoms with E-state index in [0.717, 1.165) is 38.3 Å². The third-order valence-corrected chi connectivity index (χ3v) is 4.50. The van der Waals surface area contributed by atoms with Crippen molar-refractivity contribution in [1.29, 1.82) is 0 Å². The summed E-state index contributed by atoms with van der Waals surface area (Å²) in [5.74, 6) is -0.0166. The Hall–Kier alpha value is -2.70. The molecule has 0 aliphatic carbocycles. The zero-order valence-corrected chi connectivity index (χ0v) is 13.9. The number of hydrogen-bond acceptors (Lipinski definition) is 5. The fourth-order valence-electron chi connectivity index (χ4n) is 3.15. The normalized spacial score (nSPS) is 15.5. The number of nitrogens with two attached hydrogens (primary N) is 1. The second-order valence-corrected chi connectivity index (χ2v) is 6.26. The van der Waals surface area contributed by atoms with Gasteiger partial charge in [0.1, 0.15) is 5.52 Å². The number of oxazole rings is 1. The number of para-hydroxylation sites is 1. The van der Waals surface area contributed by atoms with Gasteiger partial charge in [0.25, 0.3) is 5.91 Å². The van der Waals surface area contributed by atoms with Gasteiger partial charge in [0.15, 0.2) is 5.58 Å². The van der Waals surface area contributed by atoms with Gasteiger partial charge in [0.2, 0.25) is 5.89 Å². The van der Waals surface area contributed by atoms with Crippen molar-refractivity contribution in [2.75, 3.05) is 26.2 Å². The molecule has 128 valence electrons. The van der Waals surface area contributed by atoms with Crippen LogP contribution in [0.15, 0.2) is 46.9 Å². The van der Waals surface area contributed by atoms with Gasteiger partial charge in [-0.3, -0.25) is 9.69 Å². The predicted molar refractivity (Wildman–Crippen MR) is 96.1 cm³/mol. The molecule has 6 nitrogen and oxygen atoms in total. The summed E-state index contributed by atoms with van der Waals surface area (Å²) in [5.41, 5.74) is 8.98. The zero-order chi connectivity index (χ0) is 17.2. The van der Waals surface area contributed by atoms with Crippen molar-refractivity contribution in [1.82, 2.24) is 15.2 Å². The Bertz CT molecular complexity index is 895. The van der Waals surface area contributed by atoms with Gasteiger partial charge in [0.05, 0.1) is 5.56 Å². The minimum Gasteiger partial charge on any atom is -0.435 e. The molecule has 1 aliphatic heterocycles. The van der Waals surface area contributed by atoms with Crippen LogP contribution in [0.3, 0.4) is 0 Å². The third kappa shape index (κ3) is 3.26. The number of aromatic nitrogens is 1. The van der Waals surface area contributed by atoms with Gasteiger partial charge < -0.3 is 15.5 Å². The van der Waals surface area contributed by atoms with Crippen LogP contribution < -0.4 is 11.1 Å². The van der Waals surface area contributed by atoms with Gasteiger partial charge in [-0.25, -0.2) is 4.98 Å². The van der Waals surface area contributed by atoms with Crippen LogP contribution in [-0.4, -0.2) is 42.0 Å². The largest absolute Gasteiger partial charge is 0.435 e. The lowest BCUT2D eigenvalue weighted by Gasteiger charge is -2.27. The van der Waals surface area contributed by atoms with E-state index < -0.39 is 5.91 Å². The summed E-state index contributed by atoms with van der Waals surface area (Å²) in [6, 6.07) is 13.4. The molecule has 1 amide bonds. The number of primary amides is 1. The van der Waals surface area contributed by atoms with Crippen molar-refractivity contribution in [3.8, 4) is 11.5 Å². The molecule has 2 aromatic carbocycles. The summed E-state index contributed by atoms with van der Waals surface area (Å²) in [6.45, 7) is 5.18. The highest BCUT2D eigenvalue weighted by Crippen LogP contribution is 2.26. The number of nitrogens with one attached hydrogen (secondary N) is 1. The smallest absolute Gasteiger partial charge is 0.252 e. The van der Waals surface area contributed by atoms with Crippen molar-refractivity contribution in [3.63, 3.8) is 0 Å². The molecule has 0 spiro atoms. The third-order valence-electron chi connectivity index (χ3n) is 4.50. The van der Waals surface area contributed by atoms with Crippen LogP contribution in [0.5, 0.6) is 0 Å². The first-order chi connectivity index (χ1) is 12.2. The van der Waals surface area contributed by atoms with Crippen LogP contribution in [0.4, 0.5) is 0 Å². The van der Waals surface area contributed by atoms with Crippen molar-refractivity contribution in [3.05, 3.63) is 53.6 Å². The summed E-state index contributed by atoms with van der Waals surface area (Å²) in [7, 11) is 0. The molecule has 4 rings (SSSR count). The second-order valence-electron chi connectivity index (χ2n) is 6.26. The number of carbonyl (C=O) groups is 1. The van der Waals surface area contributed by atoms with Gasteiger partial charge in [-0.05, 0) is 29.8 Å². The lowest BCUT2D eigenvalue weighted by atomic mass is 10.1. The molecule has 25 heavy (non-hydrogen) atoms. The maximum atomic E-state index is 11.5. The quantitative estimate of drug-likeness (QED) is 0.761. The minimum absolute atomic E-state index is 0.353. The Morgan fingerprint density at radius 2 is 1.92 bits per heavy atom. The molecule has 1 aliphatic rings. The number of nitrogens with zero attached hydrogens (tertiary/aromatic N) is 2.